The molecule has 0 amide bonds. The van der Waals surface area contributed by atoms with Gasteiger partial charge in [0.15, 0.2) is 9.84 Å². The largest absolute Gasteiger partial charge is 0.396 e. The van der Waals surface area contributed by atoms with Crippen LogP contribution < -0.4 is 0 Å². The molecule has 1 unspecified atom stereocenters. The van der Waals surface area contributed by atoms with Crippen LogP contribution in [0.2, 0.25) is 5.02 Å². The molecule has 112 valence electrons. The van der Waals surface area contributed by atoms with E-state index in [-0.39, 0.29) is 30.6 Å². The second-order valence-electron chi connectivity index (χ2n) is 5.59. The van der Waals surface area contributed by atoms with Crippen LogP contribution in [0.15, 0.2) is 24.3 Å². The maximum absolute atomic E-state index is 11.6. The first-order chi connectivity index (χ1) is 9.41. The Morgan fingerprint density at radius 2 is 2.00 bits per heavy atom. The fourth-order valence-corrected chi connectivity index (χ4v) is 5.05. The number of sulfone groups is 1. The Morgan fingerprint density at radius 3 is 2.50 bits per heavy atom. The van der Waals surface area contributed by atoms with Gasteiger partial charge in [-0.05, 0) is 36.5 Å². The standard InChI is InChI=1S/C14H19ClO4S/c15-13-3-1-2-11(6-13)7-14(9-16,10-17)12-4-5-20(18,19)8-12/h1-3,6,12,16-17H,4-5,7-10H2. The number of halogens is 1. The number of aliphatic hydroxyl groups is 2. The quantitative estimate of drug-likeness (QED) is 0.858. The summed E-state index contributed by atoms with van der Waals surface area (Å²) < 4.78 is 23.3. The Kier molecular flexibility index (Phi) is 4.74. The van der Waals surface area contributed by atoms with Gasteiger partial charge in [-0.25, -0.2) is 8.42 Å². The molecule has 0 aromatic heterocycles. The van der Waals surface area contributed by atoms with E-state index in [1.165, 1.54) is 0 Å². The van der Waals surface area contributed by atoms with E-state index in [4.69, 9.17) is 11.6 Å². The Morgan fingerprint density at radius 1 is 1.30 bits per heavy atom. The van der Waals surface area contributed by atoms with Crippen molar-refractivity contribution in [3.05, 3.63) is 34.9 Å². The lowest BCUT2D eigenvalue weighted by molar-refractivity contribution is 0.0124. The summed E-state index contributed by atoms with van der Waals surface area (Å²) >= 11 is 5.94. The van der Waals surface area contributed by atoms with E-state index in [0.717, 1.165) is 5.56 Å². The minimum Gasteiger partial charge on any atom is -0.396 e. The van der Waals surface area contributed by atoms with Crippen molar-refractivity contribution in [3.63, 3.8) is 0 Å². The zero-order valence-corrected chi connectivity index (χ0v) is 12.7. The van der Waals surface area contributed by atoms with E-state index in [1.54, 1.807) is 12.1 Å². The van der Waals surface area contributed by atoms with Crippen LogP contribution in [0.5, 0.6) is 0 Å². The van der Waals surface area contributed by atoms with Crippen LogP contribution in [0.4, 0.5) is 0 Å². The normalized spacial score (nSPS) is 22.1. The fraction of sp³-hybridized carbons (Fsp3) is 0.571. The molecular formula is C14H19ClO4S. The van der Waals surface area contributed by atoms with Crippen molar-refractivity contribution in [1.82, 2.24) is 0 Å². The van der Waals surface area contributed by atoms with Crippen molar-refractivity contribution in [2.24, 2.45) is 11.3 Å². The Labute approximate surface area is 124 Å². The van der Waals surface area contributed by atoms with E-state index in [2.05, 4.69) is 0 Å². The third-order valence-corrected chi connectivity index (χ3v) is 6.18. The lowest BCUT2D eigenvalue weighted by atomic mass is 9.72. The predicted octanol–water partition coefficient (Wildman–Crippen LogP) is 1.29. The first-order valence-electron chi connectivity index (χ1n) is 6.57. The molecule has 0 bridgehead atoms. The zero-order valence-electron chi connectivity index (χ0n) is 11.1. The molecule has 6 heteroatoms. The lowest BCUT2D eigenvalue weighted by Crippen LogP contribution is -2.41. The maximum Gasteiger partial charge on any atom is 0.150 e. The highest BCUT2D eigenvalue weighted by atomic mass is 35.5. The molecule has 0 spiro atoms. The van der Waals surface area contributed by atoms with Gasteiger partial charge in [0.2, 0.25) is 0 Å². The highest BCUT2D eigenvalue weighted by molar-refractivity contribution is 7.91. The van der Waals surface area contributed by atoms with Crippen molar-refractivity contribution in [2.45, 2.75) is 12.8 Å². The number of hydrogen-bond donors (Lipinski definition) is 2. The fourth-order valence-electron chi connectivity index (χ4n) is 2.90. The van der Waals surface area contributed by atoms with Crippen molar-refractivity contribution < 1.29 is 18.6 Å². The summed E-state index contributed by atoms with van der Waals surface area (Å²) in [6.07, 6.45) is 0.908. The SMILES string of the molecule is O=S1(=O)CCC(C(CO)(CO)Cc2cccc(Cl)c2)C1. The van der Waals surface area contributed by atoms with E-state index >= 15 is 0 Å². The van der Waals surface area contributed by atoms with Gasteiger partial charge in [-0.1, -0.05) is 23.7 Å². The number of hydrogen-bond acceptors (Lipinski definition) is 4. The number of benzene rings is 1. The first kappa shape index (κ1) is 15.8. The second-order valence-corrected chi connectivity index (χ2v) is 8.25. The topological polar surface area (TPSA) is 74.6 Å². The number of aliphatic hydroxyl groups excluding tert-OH is 2. The molecule has 1 aliphatic heterocycles. The summed E-state index contributed by atoms with van der Waals surface area (Å²) in [5.74, 6) is -0.0506. The highest BCUT2D eigenvalue weighted by Gasteiger charge is 2.44. The van der Waals surface area contributed by atoms with Crippen molar-refractivity contribution in [1.29, 1.82) is 0 Å². The van der Waals surface area contributed by atoms with Crippen molar-refractivity contribution in [3.8, 4) is 0 Å². The maximum atomic E-state index is 11.6. The molecule has 1 saturated heterocycles. The van der Waals surface area contributed by atoms with Crippen LogP contribution in [0.25, 0.3) is 0 Å². The molecule has 2 N–H and O–H groups in total. The van der Waals surface area contributed by atoms with Gasteiger partial charge in [0.25, 0.3) is 0 Å². The number of rotatable bonds is 5. The minimum absolute atomic E-state index is 0.0364. The summed E-state index contributed by atoms with van der Waals surface area (Å²) in [5.41, 5.74) is 0.0822. The third-order valence-electron chi connectivity index (χ3n) is 4.17. The molecule has 20 heavy (non-hydrogen) atoms. The summed E-state index contributed by atoms with van der Waals surface area (Å²) in [4.78, 5) is 0. The van der Waals surface area contributed by atoms with Gasteiger partial charge in [-0.15, -0.1) is 0 Å². The van der Waals surface area contributed by atoms with Crippen LogP contribution in [0, 0.1) is 11.3 Å². The highest BCUT2D eigenvalue weighted by Crippen LogP contribution is 2.38. The van der Waals surface area contributed by atoms with Gasteiger partial charge in [0.05, 0.1) is 24.7 Å². The summed E-state index contributed by atoms with van der Waals surface area (Å²) in [6, 6.07) is 7.22. The molecule has 1 fully saturated rings. The third kappa shape index (κ3) is 3.34. The van der Waals surface area contributed by atoms with Gasteiger partial charge in [0.1, 0.15) is 0 Å². The van der Waals surface area contributed by atoms with Gasteiger partial charge >= 0.3 is 0 Å². The monoisotopic (exact) mass is 318 g/mol. The Bertz CT molecular complexity index is 566. The van der Waals surface area contributed by atoms with Gasteiger partial charge < -0.3 is 10.2 Å². The average molecular weight is 319 g/mol. The molecule has 1 heterocycles. The molecule has 1 atom stereocenters. The molecule has 0 saturated carbocycles. The molecule has 0 radical (unpaired) electrons. The Hall–Kier alpha value is -0.620. The summed E-state index contributed by atoms with van der Waals surface area (Å²) in [6.45, 7) is -0.480. The molecule has 4 nitrogen and oxygen atoms in total. The van der Waals surface area contributed by atoms with Crippen LogP contribution in [0.1, 0.15) is 12.0 Å². The minimum atomic E-state index is -3.05. The van der Waals surface area contributed by atoms with E-state index < -0.39 is 15.3 Å². The van der Waals surface area contributed by atoms with Crippen LogP contribution in [-0.2, 0) is 16.3 Å². The molecule has 1 aromatic rings. The first-order valence-corrected chi connectivity index (χ1v) is 8.77. The van der Waals surface area contributed by atoms with Crippen LogP contribution in [-0.4, -0.2) is 43.4 Å². The molecular weight excluding hydrogens is 300 g/mol. The van der Waals surface area contributed by atoms with Crippen molar-refractivity contribution >= 4 is 21.4 Å². The molecule has 1 aromatic carbocycles. The summed E-state index contributed by atoms with van der Waals surface area (Å²) in [7, 11) is -3.05. The lowest BCUT2D eigenvalue weighted by Gasteiger charge is -2.35. The van der Waals surface area contributed by atoms with E-state index in [9.17, 15) is 18.6 Å². The van der Waals surface area contributed by atoms with Crippen molar-refractivity contribution in [2.75, 3.05) is 24.7 Å². The van der Waals surface area contributed by atoms with Gasteiger partial charge in [-0.2, -0.15) is 0 Å². The average Bonchev–Trinajstić information content (AvgIpc) is 2.77. The van der Waals surface area contributed by atoms with Crippen LogP contribution >= 0.6 is 11.6 Å². The van der Waals surface area contributed by atoms with Gasteiger partial charge in [0, 0.05) is 10.4 Å². The second kappa shape index (κ2) is 6.02. The zero-order chi connectivity index (χ0) is 14.8. The smallest absolute Gasteiger partial charge is 0.150 e. The van der Waals surface area contributed by atoms with Crippen LogP contribution in [0.3, 0.4) is 0 Å². The Balaban J connectivity index is 2.26. The van der Waals surface area contributed by atoms with E-state index in [1.807, 2.05) is 12.1 Å². The molecule has 1 aliphatic rings. The molecule has 2 rings (SSSR count). The predicted molar refractivity (Wildman–Crippen MR) is 78.5 cm³/mol. The summed E-state index contributed by atoms with van der Waals surface area (Å²) in [5, 5.41) is 20.1. The van der Waals surface area contributed by atoms with Gasteiger partial charge in [-0.3, -0.25) is 0 Å². The molecule has 0 aliphatic carbocycles. The van der Waals surface area contributed by atoms with E-state index in [0.29, 0.717) is 17.9 Å².